The van der Waals surface area contributed by atoms with Gasteiger partial charge in [-0.05, 0) is 74.9 Å². The number of carbonyl (C=O) groups is 1. The number of fused-ring (bicyclic) bond motifs is 2. The molecule has 2 aromatic rings. The fourth-order valence-corrected chi connectivity index (χ4v) is 4.84. The molecule has 5 nitrogen and oxygen atoms in total. The Morgan fingerprint density at radius 2 is 1.85 bits per heavy atom. The van der Waals surface area contributed by atoms with Crippen LogP contribution in [0.2, 0.25) is 0 Å². The van der Waals surface area contributed by atoms with Crippen LogP contribution in [0.3, 0.4) is 0 Å². The van der Waals surface area contributed by atoms with E-state index < -0.39 is 0 Å². The summed E-state index contributed by atoms with van der Waals surface area (Å²) in [6.45, 7) is 4.97. The van der Waals surface area contributed by atoms with Crippen molar-refractivity contribution in [3.05, 3.63) is 53.5 Å². The zero-order valence-electron chi connectivity index (χ0n) is 16.2. The fourth-order valence-electron chi connectivity index (χ4n) is 4.84. The van der Waals surface area contributed by atoms with Crippen molar-refractivity contribution in [2.45, 2.75) is 70.6 Å². The standard InChI is InChI=1S/C22H29N3O2/c1-15-9-16(2)11-17(10-15)23-22(26)24-18-12-19-5-3-6-20(13-18)25(19)14-21-7-4-8-27-21/h4,7-11,18-20H,3,5-6,12-14H2,1-2H3,(H2,23,24,26)/t19-,20-/m0/s1. The van der Waals surface area contributed by atoms with Gasteiger partial charge in [-0.1, -0.05) is 12.5 Å². The number of carbonyl (C=O) groups excluding carboxylic acids is 1. The number of rotatable bonds is 4. The zero-order valence-corrected chi connectivity index (χ0v) is 16.2. The first-order valence-electron chi connectivity index (χ1n) is 10.0. The molecule has 27 heavy (non-hydrogen) atoms. The van der Waals surface area contributed by atoms with Gasteiger partial charge in [-0.3, -0.25) is 4.90 Å². The summed E-state index contributed by atoms with van der Waals surface area (Å²) in [6.07, 6.45) is 7.46. The zero-order chi connectivity index (χ0) is 18.8. The molecule has 5 heteroatoms. The van der Waals surface area contributed by atoms with Gasteiger partial charge in [-0.2, -0.15) is 0 Å². The van der Waals surface area contributed by atoms with Gasteiger partial charge in [-0.25, -0.2) is 4.79 Å². The smallest absolute Gasteiger partial charge is 0.319 e. The third kappa shape index (κ3) is 4.35. The number of furan rings is 1. The van der Waals surface area contributed by atoms with Crippen LogP contribution in [0.4, 0.5) is 10.5 Å². The van der Waals surface area contributed by atoms with E-state index in [1.165, 1.54) is 19.3 Å². The van der Waals surface area contributed by atoms with Gasteiger partial charge in [0.15, 0.2) is 0 Å². The molecule has 4 rings (SSSR count). The van der Waals surface area contributed by atoms with Crippen molar-refractivity contribution < 1.29 is 9.21 Å². The third-order valence-corrected chi connectivity index (χ3v) is 5.86. The molecule has 2 saturated heterocycles. The molecule has 144 valence electrons. The maximum absolute atomic E-state index is 12.5. The molecule has 0 aliphatic carbocycles. The molecule has 0 unspecified atom stereocenters. The van der Waals surface area contributed by atoms with E-state index in [-0.39, 0.29) is 12.1 Å². The van der Waals surface area contributed by atoms with E-state index in [1.807, 2.05) is 32.0 Å². The first kappa shape index (κ1) is 18.1. The summed E-state index contributed by atoms with van der Waals surface area (Å²) < 4.78 is 5.56. The minimum atomic E-state index is -0.0949. The molecule has 0 spiro atoms. The van der Waals surface area contributed by atoms with E-state index in [9.17, 15) is 4.79 Å². The number of hydrogen-bond donors (Lipinski definition) is 2. The number of piperidine rings is 2. The van der Waals surface area contributed by atoms with Crippen LogP contribution in [0.5, 0.6) is 0 Å². The van der Waals surface area contributed by atoms with E-state index in [1.54, 1.807) is 6.26 Å². The maximum Gasteiger partial charge on any atom is 0.319 e. The van der Waals surface area contributed by atoms with Gasteiger partial charge in [0.05, 0.1) is 12.8 Å². The molecule has 0 radical (unpaired) electrons. The van der Waals surface area contributed by atoms with Gasteiger partial charge in [0.25, 0.3) is 0 Å². The van der Waals surface area contributed by atoms with E-state index in [4.69, 9.17) is 4.42 Å². The van der Waals surface area contributed by atoms with Crippen molar-refractivity contribution in [2.75, 3.05) is 5.32 Å². The van der Waals surface area contributed by atoms with Crippen molar-refractivity contribution in [3.8, 4) is 0 Å². The Morgan fingerprint density at radius 3 is 2.48 bits per heavy atom. The first-order chi connectivity index (χ1) is 13.1. The van der Waals surface area contributed by atoms with Gasteiger partial charge in [0, 0.05) is 23.8 Å². The maximum atomic E-state index is 12.5. The predicted octanol–water partition coefficient (Wildman–Crippen LogP) is 4.60. The molecule has 3 heterocycles. The Kier molecular flexibility index (Phi) is 5.21. The molecule has 2 fully saturated rings. The second-order valence-electron chi connectivity index (χ2n) is 8.13. The SMILES string of the molecule is Cc1cc(C)cc(NC(=O)NC2C[C@@H]3CCC[C@@H](C2)N3Cc2ccco2)c1. The lowest BCUT2D eigenvalue weighted by molar-refractivity contribution is 0.0150. The Morgan fingerprint density at radius 1 is 1.15 bits per heavy atom. The number of urea groups is 1. The van der Waals surface area contributed by atoms with Crippen molar-refractivity contribution >= 4 is 11.7 Å². The van der Waals surface area contributed by atoms with Gasteiger partial charge in [0.2, 0.25) is 0 Å². The third-order valence-electron chi connectivity index (χ3n) is 5.86. The van der Waals surface area contributed by atoms with Crippen LogP contribution in [0, 0.1) is 13.8 Å². The summed E-state index contributed by atoms with van der Waals surface area (Å²) in [5.74, 6) is 1.03. The van der Waals surface area contributed by atoms with Crippen LogP contribution in [0.15, 0.2) is 41.0 Å². The van der Waals surface area contributed by atoms with Crippen LogP contribution in [-0.4, -0.2) is 29.1 Å². The summed E-state index contributed by atoms with van der Waals surface area (Å²) in [4.78, 5) is 15.1. The normalized spacial score (nSPS) is 25.2. The lowest BCUT2D eigenvalue weighted by atomic mass is 9.81. The van der Waals surface area contributed by atoms with Crippen molar-refractivity contribution in [1.29, 1.82) is 0 Å². The van der Waals surface area contributed by atoms with Gasteiger partial charge in [0.1, 0.15) is 5.76 Å². The lowest BCUT2D eigenvalue weighted by Gasteiger charge is -2.48. The quantitative estimate of drug-likeness (QED) is 0.830. The summed E-state index contributed by atoms with van der Waals surface area (Å²) in [6, 6.07) is 11.3. The largest absolute Gasteiger partial charge is 0.468 e. The number of benzene rings is 1. The molecule has 2 amide bonds. The second kappa shape index (κ2) is 7.77. The van der Waals surface area contributed by atoms with Gasteiger partial charge in [-0.15, -0.1) is 0 Å². The molecule has 1 aromatic heterocycles. The van der Waals surface area contributed by atoms with Crippen molar-refractivity contribution in [1.82, 2.24) is 10.2 Å². The van der Waals surface area contributed by atoms with E-state index >= 15 is 0 Å². The van der Waals surface area contributed by atoms with Crippen molar-refractivity contribution in [3.63, 3.8) is 0 Å². The van der Waals surface area contributed by atoms with Gasteiger partial charge < -0.3 is 15.1 Å². The van der Waals surface area contributed by atoms with Gasteiger partial charge >= 0.3 is 6.03 Å². The minimum absolute atomic E-state index is 0.0949. The Labute approximate surface area is 161 Å². The molecule has 0 saturated carbocycles. The number of nitrogens with one attached hydrogen (secondary N) is 2. The average molecular weight is 367 g/mol. The average Bonchev–Trinajstić information content (AvgIpc) is 3.07. The Bertz CT molecular complexity index is 753. The van der Waals surface area contributed by atoms with E-state index in [0.717, 1.165) is 42.0 Å². The Hall–Kier alpha value is -2.27. The molecule has 2 bridgehead atoms. The van der Waals surface area contributed by atoms with E-state index in [2.05, 4.69) is 27.7 Å². The number of amides is 2. The predicted molar refractivity (Wildman–Crippen MR) is 107 cm³/mol. The molecule has 2 atom stereocenters. The van der Waals surface area contributed by atoms with Crippen LogP contribution < -0.4 is 10.6 Å². The monoisotopic (exact) mass is 367 g/mol. The number of hydrogen-bond acceptors (Lipinski definition) is 3. The molecular weight excluding hydrogens is 338 g/mol. The van der Waals surface area contributed by atoms with Crippen LogP contribution in [-0.2, 0) is 6.54 Å². The lowest BCUT2D eigenvalue weighted by Crippen LogP contribution is -2.56. The topological polar surface area (TPSA) is 57.5 Å². The fraction of sp³-hybridized carbons (Fsp3) is 0.500. The second-order valence-corrected chi connectivity index (χ2v) is 8.13. The highest BCUT2D eigenvalue weighted by atomic mass is 16.3. The van der Waals surface area contributed by atoms with E-state index in [0.29, 0.717) is 12.1 Å². The number of nitrogens with zero attached hydrogens (tertiary/aromatic N) is 1. The summed E-state index contributed by atoms with van der Waals surface area (Å²) in [7, 11) is 0. The van der Waals surface area contributed by atoms with Crippen LogP contribution >= 0.6 is 0 Å². The minimum Gasteiger partial charge on any atom is -0.468 e. The highest BCUT2D eigenvalue weighted by molar-refractivity contribution is 5.89. The summed E-state index contributed by atoms with van der Waals surface area (Å²) >= 11 is 0. The molecule has 2 aliphatic heterocycles. The van der Waals surface area contributed by atoms with Crippen molar-refractivity contribution in [2.24, 2.45) is 0 Å². The molecule has 1 aromatic carbocycles. The number of aryl methyl sites for hydroxylation is 2. The van der Waals surface area contributed by atoms with Crippen LogP contribution in [0.25, 0.3) is 0 Å². The number of anilines is 1. The Balaban J connectivity index is 1.36. The summed E-state index contributed by atoms with van der Waals surface area (Å²) in [5.41, 5.74) is 3.18. The molecule has 2 N–H and O–H groups in total. The highest BCUT2D eigenvalue weighted by Gasteiger charge is 2.38. The highest BCUT2D eigenvalue weighted by Crippen LogP contribution is 2.35. The summed E-state index contributed by atoms with van der Waals surface area (Å²) in [5, 5.41) is 6.22. The van der Waals surface area contributed by atoms with Crippen LogP contribution in [0.1, 0.15) is 49.0 Å². The molecule has 2 aliphatic rings. The first-order valence-corrected chi connectivity index (χ1v) is 10.0. The molecular formula is C22H29N3O2.